The van der Waals surface area contributed by atoms with Crippen LogP contribution in [0.1, 0.15) is 19.4 Å². The van der Waals surface area contributed by atoms with E-state index < -0.39 is 0 Å². The van der Waals surface area contributed by atoms with E-state index in [9.17, 15) is 9.59 Å². The standard InChI is InChI=1S/C14H16N4O2S2/c1-3-10-4-6-11(7-5-10)16-12(20)8-21-14-18-17-13(22-14)15-9(2)19/h4-7H,3,8H2,1-2H3,(H,16,20)(H,15,17,19). The van der Waals surface area contributed by atoms with Crippen LogP contribution in [0, 0.1) is 0 Å². The summed E-state index contributed by atoms with van der Waals surface area (Å²) in [5.41, 5.74) is 2.01. The van der Waals surface area contributed by atoms with Crippen LogP contribution in [0.2, 0.25) is 0 Å². The SMILES string of the molecule is CCc1ccc(NC(=O)CSc2nnc(NC(C)=O)s2)cc1. The monoisotopic (exact) mass is 336 g/mol. The zero-order valence-electron chi connectivity index (χ0n) is 12.3. The van der Waals surface area contributed by atoms with Crippen LogP contribution < -0.4 is 10.6 Å². The fraction of sp³-hybridized carbons (Fsp3) is 0.286. The number of aryl methyl sites for hydroxylation is 1. The third-order valence-corrected chi connectivity index (χ3v) is 4.63. The fourth-order valence-electron chi connectivity index (χ4n) is 1.62. The second-order valence-electron chi connectivity index (χ2n) is 4.44. The van der Waals surface area contributed by atoms with Crippen LogP contribution in [0.15, 0.2) is 28.6 Å². The fourth-order valence-corrected chi connectivity index (χ4v) is 3.22. The van der Waals surface area contributed by atoms with Gasteiger partial charge in [-0.25, -0.2) is 0 Å². The average molecular weight is 336 g/mol. The Bertz CT molecular complexity index is 655. The van der Waals surface area contributed by atoms with Crippen LogP contribution in [-0.2, 0) is 16.0 Å². The number of anilines is 2. The van der Waals surface area contributed by atoms with Crippen molar-refractivity contribution >= 4 is 45.7 Å². The first-order chi connectivity index (χ1) is 10.6. The maximum atomic E-state index is 11.9. The van der Waals surface area contributed by atoms with Crippen LogP contribution in [0.25, 0.3) is 0 Å². The number of nitrogens with one attached hydrogen (secondary N) is 2. The van der Waals surface area contributed by atoms with Gasteiger partial charge in [0.25, 0.3) is 0 Å². The third-order valence-electron chi connectivity index (χ3n) is 2.66. The van der Waals surface area contributed by atoms with Crippen LogP contribution in [0.4, 0.5) is 10.8 Å². The minimum absolute atomic E-state index is 0.106. The number of hydrogen-bond acceptors (Lipinski definition) is 6. The van der Waals surface area contributed by atoms with Crippen molar-refractivity contribution in [1.82, 2.24) is 10.2 Å². The Morgan fingerprint density at radius 1 is 1.18 bits per heavy atom. The Morgan fingerprint density at radius 3 is 2.55 bits per heavy atom. The molecule has 22 heavy (non-hydrogen) atoms. The Morgan fingerprint density at radius 2 is 1.91 bits per heavy atom. The molecule has 0 bridgehead atoms. The molecule has 2 amide bonds. The summed E-state index contributed by atoms with van der Waals surface area (Å²) in [6.45, 7) is 3.49. The Balaban J connectivity index is 1.81. The number of benzene rings is 1. The Kier molecular flexibility index (Phi) is 5.91. The minimum Gasteiger partial charge on any atom is -0.325 e. The molecule has 8 heteroatoms. The van der Waals surface area contributed by atoms with E-state index in [4.69, 9.17) is 0 Å². The number of carbonyl (C=O) groups excluding carboxylic acids is 2. The maximum absolute atomic E-state index is 11.9. The van der Waals surface area contributed by atoms with Crippen molar-refractivity contribution in [2.45, 2.75) is 24.6 Å². The summed E-state index contributed by atoms with van der Waals surface area (Å²) in [6, 6.07) is 7.77. The smallest absolute Gasteiger partial charge is 0.234 e. The largest absolute Gasteiger partial charge is 0.325 e. The lowest BCUT2D eigenvalue weighted by molar-refractivity contribution is -0.114. The molecule has 0 saturated heterocycles. The summed E-state index contributed by atoms with van der Waals surface area (Å²) < 4.78 is 0.639. The molecule has 0 aliphatic carbocycles. The van der Waals surface area contributed by atoms with Gasteiger partial charge in [-0.2, -0.15) is 0 Å². The van der Waals surface area contributed by atoms with Crippen molar-refractivity contribution in [3.05, 3.63) is 29.8 Å². The highest BCUT2D eigenvalue weighted by Crippen LogP contribution is 2.25. The highest BCUT2D eigenvalue weighted by Gasteiger charge is 2.09. The molecular formula is C14H16N4O2S2. The lowest BCUT2D eigenvalue weighted by atomic mass is 10.1. The molecule has 1 heterocycles. The molecule has 0 saturated carbocycles. The van der Waals surface area contributed by atoms with Gasteiger partial charge in [0, 0.05) is 12.6 Å². The van der Waals surface area contributed by atoms with E-state index in [1.807, 2.05) is 24.3 Å². The molecule has 0 unspecified atom stereocenters. The third kappa shape index (κ3) is 5.12. The number of carbonyl (C=O) groups is 2. The van der Waals surface area contributed by atoms with E-state index >= 15 is 0 Å². The molecule has 2 aromatic rings. The van der Waals surface area contributed by atoms with Gasteiger partial charge in [0.15, 0.2) is 4.34 Å². The minimum atomic E-state index is -0.194. The van der Waals surface area contributed by atoms with Gasteiger partial charge in [-0.15, -0.1) is 10.2 Å². The molecule has 1 aromatic carbocycles. The predicted molar refractivity (Wildman–Crippen MR) is 89.4 cm³/mol. The lowest BCUT2D eigenvalue weighted by Gasteiger charge is -2.04. The highest BCUT2D eigenvalue weighted by atomic mass is 32.2. The number of amides is 2. The van der Waals surface area contributed by atoms with Gasteiger partial charge in [-0.1, -0.05) is 42.2 Å². The van der Waals surface area contributed by atoms with Gasteiger partial charge in [-0.05, 0) is 24.1 Å². The molecule has 1 aromatic heterocycles. The zero-order chi connectivity index (χ0) is 15.9. The summed E-state index contributed by atoms with van der Waals surface area (Å²) >= 11 is 2.53. The normalized spacial score (nSPS) is 10.3. The molecular weight excluding hydrogens is 320 g/mol. The van der Waals surface area contributed by atoms with E-state index in [1.165, 1.54) is 35.6 Å². The topological polar surface area (TPSA) is 84.0 Å². The maximum Gasteiger partial charge on any atom is 0.234 e. The van der Waals surface area contributed by atoms with Crippen molar-refractivity contribution in [2.75, 3.05) is 16.4 Å². The van der Waals surface area contributed by atoms with Crippen molar-refractivity contribution in [2.24, 2.45) is 0 Å². The average Bonchev–Trinajstić information content (AvgIpc) is 2.93. The molecule has 2 rings (SSSR count). The number of thioether (sulfide) groups is 1. The van der Waals surface area contributed by atoms with E-state index in [2.05, 4.69) is 27.8 Å². The molecule has 0 radical (unpaired) electrons. The van der Waals surface area contributed by atoms with Crippen LogP contribution in [0.5, 0.6) is 0 Å². The Labute approximate surface area is 136 Å². The molecule has 0 aliphatic rings. The highest BCUT2D eigenvalue weighted by molar-refractivity contribution is 8.01. The van der Waals surface area contributed by atoms with Gasteiger partial charge in [0.05, 0.1) is 5.75 Å². The first-order valence-corrected chi connectivity index (χ1v) is 8.49. The number of aromatic nitrogens is 2. The van der Waals surface area contributed by atoms with Crippen LogP contribution in [0.3, 0.4) is 0 Å². The van der Waals surface area contributed by atoms with Crippen molar-refractivity contribution in [3.63, 3.8) is 0 Å². The van der Waals surface area contributed by atoms with Gasteiger partial charge in [0.1, 0.15) is 0 Å². The first kappa shape index (κ1) is 16.4. The summed E-state index contributed by atoms with van der Waals surface area (Å²) in [4.78, 5) is 22.8. The van der Waals surface area contributed by atoms with E-state index in [0.29, 0.717) is 9.47 Å². The van der Waals surface area contributed by atoms with E-state index in [0.717, 1.165) is 12.1 Å². The predicted octanol–water partition coefficient (Wildman–Crippen LogP) is 2.79. The zero-order valence-corrected chi connectivity index (χ0v) is 13.9. The summed E-state index contributed by atoms with van der Waals surface area (Å²) in [5, 5.41) is 13.5. The Hall–Kier alpha value is -1.93. The summed E-state index contributed by atoms with van der Waals surface area (Å²) in [7, 11) is 0. The molecule has 0 spiro atoms. The molecule has 2 N–H and O–H groups in total. The van der Waals surface area contributed by atoms with Gasteiger partial charge in [-0.3, -0.25) is 9.59 Å². The molecule has 116 valence electrons. The summed E-state index contributed by atoms with van der Waals surface area (Å²) in [6.07, 6.45) is 0.970. The molecule has 6 nitrogen and oxygen atoms in total. The quantitative estimate of drug-likeness (QED) is 0.626. The van der Waals surface area contributed by atoms with E-state index in [-0.39, 0.29) is 17.6 Å². The van der Waals surface area contributed by atoms with Crippen LogP contribution in [-0.4, -0.2) is 27.8 Å². The summed E-state index contributed by atoms with van der Waals surface area (Å²) in [5.74, 6) is -0.0592. The van der Waals surface area contributed by atoms with Crippen molar-refractivity contribution in [1.29, 1.82) is 0 Å². The van der Waals surface area contributed by atoms with Gasteiger partial charge in [0.2, 0.25) is 16.9 Å². The van der Waals surface area contributed by atoms with Gasteiger partial charge >= 0.3 is 0 Å². The van der Waals surface area contributed by atoms with Crippen molar-refractivity contribution < 1.29 is 9.59 Å². The number of rotatable bonds is 6. The van der Waals surface area contributed by atoms with Crippen molar-refractivity contribution in [3.8, 4) is 0 Å². The number of hydrogen-bond donors (Lipinski definition) is 2. The van der Waals surface area contributed by atoms with E-state index in [1.54, 1.807) is 0 Å². The molecule has 0 fully saturated rings. The lowest BCUT2D eigenvalue weighted by Crippen LogP contribution is -2.13. The second kappa shape index (κ2) is 7.90. The molecule has 0 aliphatic heterocycles. The first-order valence-electron chi connectivity index (χ1n) is 6.69. The second-order valence-corrected chi connectivity index (χ2v) is 6.64. The van der Waals surface area contributed by atoms with Gasteiger partial charge < -0.3 is 10.6 Å². The van der Waals surface area contributed by atoms with Crippen LogP contribution >= 0.6 is 23.1 Å². The molecule has 0 atom stereocenters. The number of nitrogens with zero attached hydrogens (tertiary/aromatic N) is 2.